The van der Waals surface area contributed by atoms with Crippen molar-refractivity contribution in [2.75, 3.05) is 5.32 Å². The normalized spacial score (nSPS) is 15.8. The maximum Gasteiger partial charge on any atom is 0.263 e. The molecule has 2 aromatic rings. The van der Waals surface area contributed by atoms with Gasteiger partial charge in [-0.2, -0.15) is 0 Å². The van der Waals surface area contributed by atoms with Gasteiger partial charge in [0, 0.05) is 11.7 Å². The van der Waals surface area contributed by atoms with Crippen molar-refractivity contribution in [2.24, 2.45) is 0 Å². The lowest BCUT2D eigenvalue weighted by Gasteiger charge is -2.15. The molecule has 0 radical (unpaired) electrons. The van der Waals surface area contributed by atoms with Crippen molar-refractivity contribution >= 4 is 28.1 Å². The molecule has 1 amide bonds. The minimum absolute atomic E-state index is 0.0379. The van der Waals surface area contributed by atoms with Gasteiger partial charge in [0.15, 0.2) is 5.13 Å². The van der Waals surface area contributed by atoms with Crippen LogP contribution in [0.15, 0.2) is 24.3 Å². The van der Waals surface area contributed by atoms with E-state index in [4.69, 9.17) is 0 Å². The summed E-state index contributed by atoms with van der Waals surface area (Å²) in [6.07, 6.45) is 7.01. The van der Waals surface area contributed by atoms with Crippen LogP contribution in [0.3, 0.4) is 0 Å². The number of thiazole rings is 1. The summed E-state index contributed by atoms with van der Waals surface area (Å²) in [5, 5.41) is 6.92. The monoisotopic (exact) mass is 347 g/mol. The van der Waals surface area contributed by atoms with Crippen molar-refractivity contribution in [1.29, 1.82) is 0 Å². The molecule has 0 aliphatic heterocycles. The second kappa shape index (κ2) is 7.75. The average molecular weight is 347 g/mol. The first kappa shape index (κ1) is 16.9. The summed E-state index contributed by atoms with van der Waals surface area (Å²) in [5.41, 5.74) is 1.47. The predicted molar refractivity (Wildman–Crippen MR) is 95.5 cm³/mol. The van der Waals surface area contributed by atoms with Gasteiger partial charge in [-0.15, -0.1) is 0 Å². The van der Waals surface area contributed by atoms with Crippen molar-refractivity contribution in [3.8, 4) is 0 Å². The van der Waals surface area contributed by atoms with Gasteiger partial charge in [0.2, 0.25) is 0 Å². The first-order chi connectivity index (χ1) is 11.6. The molecule has 0 spiro atoms. The summed E-state index contributed by atoms with van der Waals surface area (Å²) in [5.74, 6) is -0.316. The zero-order valence-corrected chi connectivity index (χ0v) is 14.6. The fourth-order valence-electron chi connectivity index (χ4n) is 2.99. The second-order valence-corrected chi connectivity index (χ2v) is 7.23. The van der Waals surface area contributed by atoms with E-state index in [1.165, 1.54) is 49.2 Å². The average Bonchev–Trinajstić information content (AvgIpc) is 2.76. The van der Waals surface area contributed by atoms with Crippen LogP contribution < -0.4 is 10.6 Å². The van der Waals surface area contributed by atoms with Crippen LogP contribution in [0.2, 0.25) is 0 Å². The number of carbonyl (C=O) groups is 1. The number of carbonyl (C=O) groups excluding carboxylic acids is 1. The van der Waals surface area contributed by atoms with Gasteiger partial charge in [0.25, 0.3) is 5.91 Å². The highest BCUT2D eigenvalue weighted by molar-refractivity contribution is 7.17. The summed E-state index contributed by atoms with van der Waals surface area (Å²) in [7, 11) is 0. The number of hydrogen-bond acceptors (Lipinski definition) is 4. The lowest BCUT2D eigenvalue weighted by molar-refractivity contribution is 0.0936. The Kier molecular flexibility index (Phi) is 5.45. The topological polar surface area (TPSA) is 54.0 Å². The van der Waals surface area contributed by atoms with Gasteiger partial charge in [-0.25, -0.2) is 9.37 Å². The third kappa shape index (κ3) is 4.32. The van der Waals surface area contributed by atoms with Crippen LogP contribution in [0.5, 0.6) is 0 Å². The quantitative estimate of drug-likeness (QED) is 0.782. The molecule has 1 heterocycles. The van der Waals surface area contributed by atoms with E-state index in [0.717, 1.165) is 24.2 Å². The molecule has 2 N–H and O–H groups in total. The highest BCUT2D eigenvalue weighted by atomic mass is 32.1. The van der Waals surface area contributed by atoms with Crippen LogP contribution in [0.25, 0.3) is 0 Å². The molecule has 24 heavy (non-hydrogen) atoms. The van der Waals surface area contributed by atoms with E-state index in [-0.39, 0.29) is 17.8 Å². The number of aromatic nitrogens is 1. The van der Waals surface area contributed by atoms with E-state index in [9.17, 15) is 9.18 Å². The lowest BCUT2D eigenvalue weighted by Crippen LogP contribution is -2.34. The fourth-order valence-corrected chi connectivity index (χ4v) is 3.88. The minimum Gasteiger partial charge on any atom is -0.349 e. The van der Waals surface area contributed by atoms with Gasteiger partial charge in [-0.1, -0.05) is 37.0 Å². The van der Waals surface area contributed by atoms with Gasteiger partial charge in [-0.05, 0) is 44.0 Å². The van der Waals surface area contributed by atoms with E-state index in [0.29, 0.717) is 10.0 Å². The highest BCUT2D eigenvalue weighted by Gasteiger charge is 2.20. The van der Waals surface area contributed by atoms with Gasteiger partial charge < -0.3 is 10.6 Å². The third-order valence-corrected chi connectivity index (χ3v) is 5.36. The molecule has 6 heteroatoms. The number of anilines is 2. The van der Waals surface area contributed by atoms with E-state index in [2.05, 4.69) is 15.6 Å². The Morgan fingerprint density at radius 3 is 2.50 bits per heavy atom. The maximum absolute atomic E-state index is 13.0. The molecule has 0 unspecified atom stereocenters. The molecule has 3 rings (SSSR count). The maximum atomic E-state index is 13.0. The summed E-state index contributed by atoms with van der Waals surface area (Å²) in [6.45, 7) is 1.84. The van der Waals surface area contributed by atoms with Gasteiger partial charge in [-0.3, -0.25) is 4.79 Å². The standard InChI is InChI=1S/C18H22FN3OS/c1-12-16(17(23)21-14-6-4-2-3-5-7-14)24-18(20-12)22-15-10-8-13(19)9-11-15/h8-11,14H,2-7H2,1H3,(H,20,22)(H,21,23). The van der Waals surface area contributed by atoms with E-state index >= 15 is 0 Å². The Labute approximate surface area is 145 Å². The number of hydrogen-bond donors (Lipinski definition) is 2. The molecule has 1 saturated carbocycles. The molecule has 1 aliphatic carbocycles. The van der Waals surface area contributed by atoms with Crippen molar-refractivity contribution in [3.63, 3.8) is 0 Å². The largest absolute Gasteiger partial charge is 0.349 e. The van der Waals surface area contributed by atoms with E-state index in [1.807, 2.05) is 6.92 Å². The number of benzene rings is 1. The molecule has 0 bridgehead atoms. The molecular weight excluding hydrogens is 325 g/mol. The number of halogens is 1. The number of amides is 1. The Balaban J connectivity index is 1.66. The summed E-state index contributed by atoms with van der Waals surface area (Å²) < 4.78 is 13.0. The number of rotatable bonds is 4. The van der Waals surface area contributed by atoms with Gasteiger partial charge in [0.05, 0.1) is 5.69 Å². The summed E-state index contributed by atoms with van der Waals surface area (Å²) >= 11 is 1.33. The number of aryl methyl sites for hydroxylation is 1. The zero-order valence-electron chi connectivity index (χ0n) is 13.8. The molecule has 4 nitrogen and oxygen atoms in total. The Morgan fingerprint density at radius 2 is 1.83 bits per heavy atom. The third-order valence-electron chi connectivity index (χ3n) is 4.29. The number of nitrogens with one attached hydrogen (secondary N) is 2. The Bertz CT molecular complexity index is 691. The van der Waals surface area contributed by atoms with Crippen LogP contribution >= 0.6 is 11.3 Å². The molecule has 1 aromatic carbocycles. The summed E-state index contributed by atoms with van der Waals surface area (Å²) in [6, 6.07) is 6.36. The molecular formula is C18H22FN3OS. The first-order valence-electron chi connectivity index (χ1n) is 8.43. The number of nitrogens with zero attached hydrogens (tertiary/aromatic N) is 1. The Hall–Kier alpha value is -1.95. The van der Waals surface area contributed by atoms with Crippen molar-refractivity contribution in [3.05, 3.63) is 40.7 Å². The minimum atomic E-state index is -0.278. The fraction of sp³-hybridized carbons (Fsp3) is 0.444. The van der Waals surface area contributed by atoms with Gasteiger partial charge >= 0.3 is 0 Å². The second-order valence-electron chi connectivity index (χ2n) is 6.23. The highest BCUT2D eigenvalue weighted by Crippen LogP contribution is 2.26. The van der Waals surface area contributed by atoms with Crippen LogP contribution in [-0.2, 0) is 0 Å². The molecule has 1 aromatic heterocycles. The van der Waals surface area contributed by atoms with Crippen molar-refractivity contribution in [1.82, 2.24) is 10.3 Å². The van der Waals surface area contributed by atoms with Crippen LogP contribution in [0.1, 0.15) is 53.9 Å². The molecule has 1 aliphatic rings. The van der Waals surface area contributed by atoms with E-state index < -0.39 is 0 Å². The predicted octanol–water partition coefficient (Wildman–Crippen LogP) is 4.79. The van der Waals surface area contributed by atoms with Crippen LogP contribution in [0, 0.1) is 12.7 Å². The first-order valence-corrected chi connectivity index (χ1v) is 9.24. The van der Waals surface area contributed by atoms with Crippen LogP contribution in [-0.4, -0.2) is 16.9 Å². The lowest BCUT2D eigenvalue weighted by atomic mass is 10.1. The molecule has 0 atom stereocenters. The van der Waals surface area contributed by atoms with E-state index in [1.54, 1.807) is 12.1 Å². The SMILES string of the molecule is Cc1nc(Nc2ccc(F)cc2)sc1C(=O)NC1CCCCCC1. The smallest absolute Gasteiger partial charge is 0.263 e. The van der Waals surface area contributed by atoms with Gasteiger partial charge in [0.1, 0.15) is 10.7 Å². The van der Waals surface area contributed by atoms with Crippen molar-refractivity contribution in [2.45, 2.75) is 51.5 Å². The van der Waals surface area contributed by atoms with Crippen molar-refractivity contribution < 1.29 is 9.18 Å². The van der Waals surface area contributed by atoms with Crippen LogP contribution in [0.4, 0.5) is 15.2 Å². The summed E-state index contributed by atoms with van der Waals surface area (Å²) in [4.78, 5) is 17.6. The zero-order chi connectivity index (χ0) is 16.9. The Morgan fingerprint density at radius 1 is 1.17 bits per heavy atom. The molecule has 1 fully saturated rings. The molecule has 128 valence electrons. The molecule has 0 saturated heterocycles.